The van der Waals surface area contributed by atoms with Gasteiger partial charge in [-0.2, -0.15) is 0 Å². The van der Waals surface area contributed by atoms with Gasteiger partial charge in [0, 0.05) is 29.6 Å². The number of hydrogen-bond acceptors (Lipinski definition) is 4. The molecule has 102 valence electrons. The number of nitrogens with zero attached hydrogens (tertiary/aromatic N) is 1. The molecule has 0 spiro atoms. The molecule has 1 N–H and O–H groups in total. The SMILES string of the molecule is CNC1C(=O)N(CC2C=CSC2)CCc2ccsc21. The summed E-state index contributed by atoms with van der Waals surface area (Å²) in [5.41, 5.74) is 1.33. The third-order valence-electron chi connectivity index (χ3n) is 3.75. The van der Waals surface area contributed by atoms with Gasteiger partial charge >= 0.3 is 0 Å². The molecule has 2 unspecified atom stereocenters. The van der Waals surface area contributed by atoms with E-state index < -0.39 is 0 Å². The van der Waals surface area contributed by atoms with E-state index in [4.69, 9.17) is 0 Å². The summed E-state index contributed by atoms with van der Waals surface area (Å²) in [6, 6.07) is 2.00. The summed E-state index contributed by atoms with van der Waals surface area (Å²) >= 11 is 3.53. The molecule has 0 fully saturated rings. The van der Waals surface area contributed by atoms with Crippen LogP contribution in [-0.4, -0.2) is 36.7 Å². The van der Waals surface area contributed by atoms with Crippen LogP contribution in [0.2, 0.25) is 0 Å². The lowest BCUT2D eigenvalue weighted by Crippen LogP contribution is -2.41. The summed E-state index contributed by atoms with van der Waals surface area (Å²) in [6.07, 6.45) is 3.21. The van der Waals surface area contributed by atoms with Gasteiger partial charge in [0.15, 0.2) is 0 Å². The van der Waals surface area contributed by atoms with Gasteiger partial charge in [-0.15, -0.1) is 23.1 Å². The molecule has 0 saturated heterocycles. The van der Waals surface area contributed by atoms with Crippen molar-refractivity contribution in [1.29, 1.82) is 0 Å². The Bertz CT molecular complexity index is 497. The minimum absolute atomic E-state index is 0.157. The topological polar surface area (TPSA) is 32.3 Å². The van der Waals surface area contributed by atoms with Crippen LogP contribution in [0.5, 0.6) is 0 Å². The van der Waals surface area contributed by atoms with E-state index in [0.717, 1.165) is 25.3 Å². The normalized spacial score (nSPS) is 26.6. The number of carbonyl (C=O) groups excluding carboxylic acids is 1. The van der Waals surface area contributed by atoms with Crippen LogP contribution in [0, 0.1) is 5.92 Å². The highest BCUT2D eigenvalue weighted by molar-refractivity contribution is 8.02. The lowest BCUT2D eigenvalue weighted by molar-refractivity contribution is -0.133. The molecular weight excluding hydrogens is 276 g/mol. The Morgan fingerprint density at radius 1 is 1.53 bits per heavy atom. The van der Waals surface area contributed by atoms with E-state index >= 15 is 0 Å². The van der Waals surface area contributed by atoms with Crippen molar-refractivity contribution in [3.05, 3.63) is 33.4 Å². The van der Waals surface area contributed by atoms with Crippen molar-refractivity contribution in [1.82, 2.24) is 10.2 Å². The molecule has 2 aliphatic heterocycles. The van der Waals surface area contributed by atoms with Crippen LogP contribution >= 0.6 is 23.1 Å². The fraction of sp³-hybridized carbons (Fsp3) is 0.500. The average molecular weight is 294 g/mol. The molecule has 0 aliphatic carbocycles. The van der Waals surface area contributed by atoms with Crippen LogP contribution < -0.4 is 5.32 Å². The van der Waals surface area contributed by atoms with Crippen LogP contribution in [0.1, 0.15) is 16.5 Å². The first-order valence-corrected chi connectivity index (χ1v) is 8.53. The van der Waals surface area contributed by atoms with Crippen LogP contribution in [0.25, 0.3) is 0 Å². The summed E-state index contributed by atoms with van der Waals surface area (Å²) in [5.74, 6) is 1.85. The quantitative estimate of drug-likeness (QED) is 0.928. The first-order chi connectivity index (χ1) is 9.29. The Labute approximate surface area is 122 Å². The molecule has 3 rings (SSSR count). The second-order valence-electron chi connectivity index (χ2n) is 4.99. The number of thioether (sulfide) groups is 1. The van der Waals surface area contributed by atoms with E-state index in [0.29, 0.717) is 5.92 Å². The second kappa shape index (κ2) is 5.69. The zero-order chi connectivity index (χ0) is 13.2. The zero-order valence-electron chi connectivity index (χ0n) is 11.0. The summed E-state index contributed by atoms with van der Waals surface area (Å²) < 4.78 is 0. The van der Waals surface area contributed by atoms with E-state index in [1.807, 2.05) is 23.7 Å². The smallest absolute Gasteiger partial charge is 0.245 e. The number of hydrogen-bond donors (Lipinski definition) is 1. The molecule has 3 heterocycles. The maximum atomic E-state index is 12.7. The zero-order valence-corrected chi connectivity index (χ0v) is 12.6. The Morgan fingerprint density at radius 3 is 3.16 bits per heavy atom. The predicted octanol–water partition coefficient (Wildman–Crippen LogP) is 2.27. The lowest BCUT2D eigenvalue weighted by atomic mass is 10.1. The van der Waals surface area contributed by atoms with E-state index in [1.54, 1.807) is 11.3 Å². The van der Waals surface area contributed by atoms with Crippen molar-refractivity contribution in [2.24, 2.45) is 5.92 Å². The number of fused-ring (bicyclic) bond motifs is 1. The summed E-state index contributed by atoms with van der Waals surface area (Å²) in [4.78, 5) is 15.9. The Morgan fingerprint density at radius 2 is 2.42 bits per heavy atom. The molecule has 0 bridgehead atoms. The summed E-state index contributed by atoms with van der Waals surface area (Å²) in [5, 5.41) is 7.43. The number of nitrogens with one attached hydrogen (secondary N) is 1. The second-order valence-corrected chi connectivity index (χ2v) is 6.87. The van der Waals surface area contributed by atoms with Gasteiger partial charge in [-0.3, -0.25) is 4.79 Å². The van der Waals surface area contributed by atoms with Crippen molar-refractivity contribution in [2.45, 2.75) is 12.5 Å². The van der Waals surface area contributed by atoms with E-state index in [9.17, 15) is 4.79 Å². The molecule has 1 aromatic heterocycles. The number of carbonyl (C=O) groups is 1. The van der Waals surface area contributed by atoms with Gasteiger partial charge in [0.25, 0.3) is 0 Å². The largest absolute Gasteiger partial charge is 0.340 e. The first kappa shape index (κ1) is 13.2. The van der Waals surface area contributed by atoms with Gasteiger partial charge in [-0.05, 0) is 35.9 Å². The third-order valence-corrected chi connectivity index (χ3v) is 5.75. The lowest BCUT2D eigenvalue weighted by Gasteiger charge is -2.26. The standard InChI is InChI=1S/C14H18N2OS2/c1-15-12-13-11(4-7-19-13)2-5-16(14(12)17)8-10-3-6-18-9-10/h3-4,6-7,10,12,15H,2,5,8-9H2,1H3. The first-order valence-electron chi connectivity index (χ1n) is 6.60. The predicted molar refractivity (Wildman–Crippen MR) is 81.5 cm³/mol. The molecule has 1 amide bonds. The minimum atomic E-state index is -0.157. The van der Waals surface area contributed by atoms with Crippen LogP contribution in [0.15, 0.2) is 22.9 Å². The number of rotatable bonds is 3. The monoisotopic (exact) mass is 294 g/mol. The van der Waals surface area contributed by atoms with Crippen molar-refractivity contribution < 1.29 is 4.79 Å². The minimum Gasteiger partial charge on any atom is -0.340 e. The number of amides is 1. The highest BCUT2D eigenvalue weighted by atomic mass is 32.2. The average Bonchev–Trinajstić information content (AvgIpc) is 3.04. The molecule has 19 heavy (non-hydrogen) atoms. The van der Waals surface area contributed by atoms with Gasteiger partial charge in [-0.1, -0.05) is 6.08 Å². The van der Waals surface area contributed by atoms with E-state index in [1.165, 1.54) is 10.4 Å². The van der Waals surface area contributed by atoms with Crippen molar-refractivity contribution in [3.63, 3.8) is 0 Å². The molecule has 0 saturated carbocycles. The van der Waals surface area contributed by atoms with Gasteiger partial charge in [0.1, 0.15) is 6.04 Å². The maximum Gasteiger partial charge on any atom is 0.245 e. The number of thiophene rings is 1. The molecular formula is C14H18N2OS2. The van der Waals surface area contributed by atoms with Crippen LogP contribution in [0.4, 0.5) is 0 Å². The molecule has 1 aromatic rings. The summed E-state index contributed by atoms with van der Waals surface area (Å²) in [7, 11) is 1.88. The highest BCUT2D eigenvalue weighted by Crippen LogP contribution is 2.30. The maximum absolute atomic E-state index is 12.7. The summed E-state index contributed by atoms with van der Waals surface area (Å²) in [6.45, 7) is 1.70. The Hall–Kier alpha value is -0.780. The molecule has 2 aliphatic rings. The molecule has 5 heteroatoms. The fourth-order valence-electron chi connectivity index (χ4n) is 2.70. The fourth-order valence-corrected chi connectivity index (χ4v) is 4.66. The van der Waals surface area contributed by atoms with Crippen molar-refractivity contribution in [2.75, 3.05) is 25.9 Å². The van der Waals surface area contributed by atoms with Gasteiger partial charge in [0.2, 0.25) is 5.91 Å². The van der Waals surface area contributed by atoms with Crippen molar-refractivity contribution in [3.8, 4) is 0 Å². The Balaban J connectivity index is 1.79. The molecule has 3 nitrogen and oxygen atoms in total. The number of likely N-dealkylation sites (N-methyl/N-ethyl adjacent to an activating group) is 1. The van der Waals surface area contributed by atoms with Crippen LogP contribution in [0.3, 0.4) is 0 Å². The molecule has 2 atom stereocenters. The van der Waals surface area contributed by atoms with E-state index in [2.05, 4.69) is 28.2 Å². The molecule has 0 radical (unpaired) electrons. The van der Waals surface area contributed by atoms with E-state index in [-0.39, 0.29) is 11.9 Å². The highest BCUT2D eigenvalue weighted by Gasteiger charge is 2.31. The van der Waals surface area contributed by atoms with Crippen LogP contribution in [-0.2, 0) is 11.2 Å². The Kier molecular flexibility index (Phi) is 3.96. The molecule has 0 aromatic carbocycles. The third kappa shape index (κ3) is 2.59. The van der Waals surface area contributed by atoms with Gasteiger partial charge in [0.05, 0.1) is 0 Å². The van der Waals surface area contributed by atoms with Gasteiger partial charge < -0.3 is 10.2 Å². The van der Waals surface area contributed by atoms with Crippen molar-refractivity contribution >= 4 is 29.0 Å². The van der Waals surface area contributed by atoms with Gasteiger partial charge in [-0.25, -0.2) is 0 Å².